The quantitative estimate of drug-likeness (QED) is 0.712. The van der Waals surface area contributed by atoms with Gasteiger partial charge in [0.25, 0.3) is 11.8 Å². The third kappa shape index (κ3) is 5.66. The van der Waals surface area contributed by atoms with E-state index in [0.717, 1.165) is 0 Å². The van der Waals surface area contributed by atoms with E-state index in [-0.39, 0.29) is 11.8 Å². The molecule has 0 saturated carbocycles. The van der Waals surface area contributed by atoms with Crippen LogP contribution in [0, 0.1) is 17.2 Å². The molecule has 2 aromatic rings. The van der Waals surface area contributed by atoms with Gasteiger partial charge in [-0.3, -0.25) is 9.59 Å². The molecule has 7 nitrogen and oxygen atoms in total. The maximum Gasteiger partial charge on any atom is 0.329 e. The van der Waals surface area contributed by atoms with Gasteiger partial charge < -0.3 is 15.4 Å². The summed E-state index contributed by atoms with van der Waals surface area (Å²) in [7, 11) is 0. The molecule has 0 aliphatic heterocycles. The minimum Gasteiger partial charge on any atom is -0.454 e. The van der Waals surface area contributed by atoms with Crippen LogP contribution in [-0.4, -0.2) is 30.4 Å². The summed E-state index contributed by atoms with van der Waals surface area (Å²) >= 11 is 1.26. The third-order valence-electron chi connectivity index (χ3n) is 3.62. The van der Waals surface area contributed by atoms with E-state index < -0.39 is 24.5 Å². The Bertz CT molecular complexity index is 856. The number of nitrogens with one attached hydrogen (secondary N) is 2. The first-order valence-corrected chi connectivity index (χ1v) is 9.10. The lowest BCUT2D eigenvalue weighted by Gasteiger charge is -2.20. The Hall–Kier alpha value is -3.18. The van der Waals surface area contributed by atoms with Crippen LogP contribution < -0.4 is 10.6 Å². The molecule has 0 unspecified atom stereocenters. The number of para-hydroxylation sites is 1. The van der Waals surface area contributed by atoms with Crippen molar-refractivity contribution < 1.29 is 19.1 Å². The van der Waals surface area contributed by atoms with Gasteiger partial charge in [-0.25, -0.2) is 4.79 Å². The number of carbonyl (C=O) groups excluding carboxylic acids is 3. The van der Waals surface area contributed by atoms with Crippen molar-refractivity contribution in [2.75, 3.05) is 11.9 Å². The Morgan fingerprint density at radius 1 is 1.19 bits per heavy atom. The number of hydrogen-bond acceptors (Lipinski definition) is 6. The second-order valence-electron chi connectivity index (χ2n) is 5.99. The van der Waals surface area contributed by atoms with Crippen molar-refractivity contribution in [2.24, 2.45) is 5.92 Å². The molecular formula is C19H19N3O4S. The first-order chi connectivity index (χ1) is 12.9. The number of thiophene rings is 1. The van der Waals surface area contributed by atoms with Crippen molar-refractivity contribution in [3.8, 4) is 6.07 Å². The van der Waals surface area contributed by atoms with Gasteiger partial charge >= 0.3 is 5.97 Å². The fraction of sp³-hybridized carbons (Fsp3) is 0.263. The highest BCUT2D eigenvalue weighted by molar-refractivity contribution is 7.12. The van der Waals surface area contributed by atoms with Crippen molar-refractivity contribution in [2.45, 2.75) is 19.9 Å². The number of amides is 2. The lowest BCUT2D eigenvalue weighted by atomic mass is 10.0. The predicted molar refractivity (Wildman–Crippen MR) is 101 cm³/mol. The van der Waals surface area contributed by atoms with E-state index >= 15 is 0 Å². The molecule has 1 atom stereocenters. The third-order valence-corrected chi connectivity index (χ3v) is 4.49. The summed E-state index contributed by atoms with van der Waals surface area (Å²) in [6.07, 6.45) is 0. The topological polar surface area (TPSA) is 108 Å². The molecule has 0 saturated heterocycles. The number of nitriles is 1. The summed E-state index contributed by atoms with van der Waals surface area (Å²) in [5.74, 6) is -1.85. The molecule has 0 spiro atoms. The zero-order chi connectivity index (χ0) is 19.8. The van der Waals surface area contributed by atoms with Crippen molar-refractivity contribution >= 4 is 34.8 Å². The van der Waals surface area contributed by atoms with E-state index in [1.807, 2.05) is 6.07 Å². The van der Waals surface area contributed by atoms with Gasteiger partial charge in [0.2, 0.25) is 0 Å². The first-order valence-electron chi connectivity index (χ1n) is 8.22. The highest BCUT2D eigenvalue weighted by Crippen LogP contribution is 2.14. The summed E-state index contributed by atoms with van der Waals surface area (Å²) in [4.78, 5) is 36.9. The van der Waals surface area contributed by atoms with Crippen LogP contribution in [0.3, 0.4) is 0 Å². The Kier molecular flexibility index (Phi) is 7.08. The van der Waals surface area contributed by atoms with Gasteiger partial charge in [-0.2, -0.15) is 5.26 Å². The van der Waals surface area contributed by atoms with Crippen molar-refractivity contribution in [1.29, 1.82) is 5.26 Å². The van der Waals surface area contributed by atoms with Gasteiger partial charge in [0.15, 0.2) is 6.61 Å². The number of ether oxygens (including phenoxy) is 1. The number of hydrogen-bond donors (Lipinski definition) is 2. The molecule has 2 amide bonds. The van der Waals surface area contributed by atoms with Crippen LogP contribution in [0.15, 0.2) is 41.8 Å². The average molecular weight is 385 g/mol. The fourth-order valence-corrected chi connectivity index (χ4v) is 2.85. The van der Waals surface area contributed by atoms with Gasteiger partial charge in [0.1, 0.15) is 12.1 Å². The Morgan fingerprint density at radius 3 is 2.56 bits per heavy atom. The molecule has 0 fully saturated rings. The molecule has 0 radical (unpaired) electrons. The van der Waals surface area contributed by atoms with Crippen LogP contribution in [0.2, 0.25) is 0 Å². The Labute approximate surface area is 161 Å². The highest BCUT2D eigenvalue weighted by Gasteiger charge is 2.27. The molecule has 2 rings (SSSR count). The summed E-state index contributed by atoms with van der Waals surface area (Å²) in [6, 6.07) is 11.0. The Balaban J connectivity index is 1.92. The molecule has 1 heterocycles. The smallest absolute Gasteiger partial charge is 0.329 e. The van der Waals surface area contributed by atoms with Gasteiger partial charge in [0, 0.05) is 0 Å². The predicted octanol–water partition coefficient (Wildman–Crippen LogP) is 2.56. The minimum atomic E-state index is -0.876. The zero-order valence-electron chi connectivity index (χ0n) is 14.9. The number of benzene rings is 1. The lowest BCUT2D eigenvalue weighted by molar-refractivity contribution is -0.150. The average Bonchev–Trinajstić information content (AvgIpc) is 3.19. The molecule has 8 heteroatoms. The van der Waals surface area contributed by atoms with E-state index in [0.29, 0.717) is 16.1 Å². The standard InChI is InChI=1S/C19H19N3O4S/c1-12(2)17(22-18(24)15-8-5-9-27-15)19(25)26-11-16(23)21-14-7-4-3-6-13(14)10-20/h3-9,12,17H,11H2,1-2H3,(H,21,23)(H,22,24)/t17-/m0/s1. The molecule has 0 aliphatic carbocycles. The molecule has 27 heavy (non-hydrogen) atoms. The highest BCUT2D eigenvalue weighted by atomic mass is 32.1. The maximum atomic E-state index is 12.3. The second kappa shape index (κ2) is 9.50. The normalized spacial score (nSPS) is 11.3. The number of carbonyl (C=O) groups is 3. The van der Waals surface area contributed by atoms with Gasteiger partial charge in [-0.15, -0.1) is 11.3 Å². The number of nitrogens with zero attached hydrogens (tertiary/aromatic N) is 1. The first kappa shape index (κ1) is 20.1. The van der Waals surface area contributed by atoms with E-state index in [1.54, 1.807) is 55.6 Å². The molecular weight excluding hydrogens is 366 g/mol. The maximum absolute atomic E-state index is 12.3. The summed E-state index contributed by atoms with van der Waals surface area (Å²) in [6.45, 7) is 3.02. The van der Waals surface area contributed by atoms with Crippen molar-refractivity contribution in [3.05, 3.63) is 52.2 Å². The Morgan fingerprint density at radius 2 is 1.93 bits per heavy atom. The minimum absolute atomic E-state index is 0.219. The largest absolute Gasteiger partial charge is 0.454 e. The van der Waals surface area contributed by atoms with Crippen LogP contribution in [0.1, 0.15) is 29.1 Å². The summed E-state index contributed by atoms with van der Waals surface area (Å²) in [5, 5.41) is 15.9. The zero-order valence-corrected chi connectivity index (χ0v) is 15.7. The van der Waals surface area contributed by atoms with Crippen LogP contribution >= 0.6 is 11.3 Å². The van der Waals surface area contributed by atoms with Gasteiger partial charge in [-0.05, 0) is 29.5 Å². The SMILES string of the molecule is CC(C)[C@H](NC(=O)c1cccs1)C(=O)OCC(=O)Nc1ccccc1C#N. The second-order valence-corrected chi connectivity index (χ2v) is 6.93. The number of esters is 1. The van der Waals surface area contributed by atoms with E-state index in [4.69, 9.17) is 10.00 Å². The van der Waals surface area contributed by atoms with E-state index in [9.17, 15) is 14.4 Å². The van der Waals surface area contributed by atoms with Gasteiger partial charge in [0.05, 0.1) is 16.1 Å². The molecule has 1 aromatic carbocycles. The summed E-state index contributed by atoms with van der Waals surface area (Å²) < 4.78 is 5.05. The van der Waals surface area contributed by atoms with E-state index in [2.05, 4.69) is 10.6 Å². The molecule has 0 aliphatic rings. The fourth-order valence-electron chi connectivity index (χ4n) is 2.22. The van der Waals surface area contributed by atoms with Crippen LogP contribution in [-0.2, 0) is 14.3 Å². The van der Waals surface area contributed by atoms with Crippen molar-refractivity contribution in [1.82, 2.24) is 5.32 Å². The van der Waals surface area contributed by atoms with Crippen LogP contribution in [0.25, 0.3) is 0 Å². The molecule has 140 valence electrons. The summed E-state index contributed by atoms with van der Waals surface area (Å²) in [5.41, 5.74) is 0.646. The van der Waals surface area contributed by atoms with Crippen LogP contribution in [0.5, 0.6) is 0 Å². The number of rotatable bonds is 7. The van der Waals surface area contributed by atoms with Crippen molar-refractivity contribution in [3.63, 3.8) is 0 Å². The molecule has 0 bridgehead atoms. The number of anilines is 1. The lowest BCUT2D eigenvalue weighted by Crippen LogP contribution is -2.45. The van der Waals surface area contributed by atoms with Gasteiger partial charge in [-0.1, -0.05) is 32.0 Å². The monoisotopic (exact) mass is 385 g/mol. The molecule has 1 aromatic heterocycles. The van der Waals surface area contributed by atoms with Crippen LogP contribution in [0.4, 0.5) is 5.69 Å². The molecule has 2 N–H and O–H groups in total. The van der Waals surface area contributed by atoms with E-state index in [1.165, 1.54) is 11.3 Å².